The SMILES string of the molecule is CCNC(=O)c1c(O)c2c(ccn2C)n(OC)c1=O. The molecule has 2 aromatic heterocycles. The van der Waals surface area contributed by atoms with E-state index in [1.54, 1.807) is 30.8 Å². The van der Waals surface area contributed by atoms with Gasteiger partial charge in [-0.15, -0.1) is 4.73 Å². The Morgan fingerprint density at radius 3 is 2.79 bits per heavy atom. The minimum absolute atomic E-state index is 0.321. The lowest BCUT2D eigenvalue weighted by molar-refractivity contribution is 0.0945. The van der Waals surface area contributed by atoms with E-state index in [0.717, 1.165) is 4.73 Å². The minimum Gasteiger partial charge on any atom is -0.505 e. The second-order valence-corrected chi connectivity index (χ2v) is 4.03. The van der Waals surface area contributed by atoms with Crippen LogP contribution in [0.4, 0.5) is 0 Å². The number of aromatic nitrogens is 2. The number of aromatic hydroxyl groups is 1. The number of nitrogens with one attached hydrogen (secondary N) is 1. The van der Waals surface area contributed by atoms with Gasteiger partial charge in [0.05, 0.1) is 0 Å². The highest BCUT2D eigenvalue weighted by Crippen LogP contribution is 2.26. The van der Waals surface area contributed by atoms with E-state index in [2.05, 4.69) is 5.32 Å². The number of hydrogen-bond acceptors (Lipinski definition) is 4. The average molecular weight is 265 g/mol. The van der Waals surface area contributed by atoms with Crippen LogP contribution < -0.4 is 15.7 Å². The summed E-state index contributed by atoms with van der Waals surface area (Å²) in [5.41, 5.74) is -0.245. The highest BCUT2D eigenvalue weighted by atomic mass is 16.6. The van der Waals surface area contributed by atoms with Gasteiger partial charge in [0, 0.05) is 19.8 Å². The third-order valence-electron chi connectivity index (χ3n) is 2.88. The second kappa shape index (κ2) is 4.68. The van der Waals surface area contributed by atoms with Crippen molar-refractivity contribution in [3.8, 4) is 5.75 Å². The molecule has 7 nitrogen and oxygen atoms in total. The van der Waals surface area contributed by atoms with E-state index in [-0.39, 0.29) is 11.3 Å². The minimum atomic E-state index is -0.690. The number of aryl methyl sites for hydroxylation is 1. The Hall–Kier alpha value is -2.44. The number of carbonyl (C=O) groups is 1. The first kappa shape index (κ1) is 13.0. The molecular weight excluding hydrogens is 250 g/mol. The summed E-state index contributed by atoms with van der Waals surface area (Å²) in [4.78, 5) is 29.0. The summed E-state index contributed by atoms with van der Waals surface area (Å²) in [6, 6.07) is 1.63. The number of carbonyl (C=O) groups excluding carboxylic acids is 1. The highest BCUT2D eigenvalue weighted by Gasteiger charge is 2.23. The fraction of sp³-hybridized carbons (Fsp3) is 0.333. The van der Waals surface area contributed by atoms with Crippen LogP contribution in [0.15, 0.2) is 17.1 Å². The van der Waals surface area contributed by atoms with Crippen molar-refractivity contribution in [3.63, 3.8) is 0 Å². The molecule has 0 atom stereocenters. The molecule has 19 heavy (non-hydrogen) atoms. The average Bonchev–Trinajstić information content (AvgIpc) is 2.72. The van der Waals surface area contributed by atoms with E-state index in [1.807, 2.05) is 0 Å². The Balaban J connectivity index is 2.87. The smallest absolute Gasteiger partial charge is 0.300 e. The van der Waals surface area contributed by atoms with Crippen LogP contribution in [-0.2, 0) is 7.05 Å². The summed E-state index contributed by atoms with van der Waals surface area (Å²) in [7, 11) is 3.03. The number of pyridine rings is 1. The molecule has 2 rings (SSSR count). The Bertz CT molecular complexity index is 699. The molecule has 0 aliphatic carbocycles. The monoisotopic (exact) mass is 265 g/mol. The fourth-order valence-corrected chi connectivity index (χ4v) is 2.03. The van der Waals surface area contributed by atoms with Crippen molar-refractivity contribution >= 4 is 16.9 Å². The van der Waals surface area contributed by atoms with Gasteiger partial charge >= 0.3 is 0 Å². The van der Waals surface area contributed by atoms with E-state index in [0.29, 0.717) is 17.6 Å². The number of amides is 1. The van der Waals surface area contributed by atoms with Crippen LogP contribution in [-0.4, -0.2) is 34.0 Å². The van der Waals surface area contributed by atoms with Gasteiger partial charge in [-0.05, 0) is 13.0 Å². The molecule has 0 fully saturated rings. The molecule has 2 N–H and O–H groups in total. The molecule has 2 heterocycles. The molecule has 0 saturated carbocycles. The standard InChI is InChI=1S/C12H15N3O4/c1-4-13-11(17)8-10(16)9-7(5-6-14(9)2)15(19-3)12(8)18/h5-6,16H,4H2,1-3H3,(H,13,17). The Morgan fingerprint density at radius 1 is 1.53 bits per heavy atom. The topological polar surface area (TPSA) is 85.5 Å². The summed E-state index contributed by atoms with van der Waals surface area (Å²) >= 11 is 0. The van der Waals surface area contributed by atoms with Crippen molar-refractivity contribution < 1.29 is 14.7 Å². The molecule has 0 aliphatic heterocycles. The van der Waals surface area contributed by atoms with Gasteiger partial charge in [0.1, 0.15) is 18.1 Å². The van der Waals surface area contributed by atoms with Gasteiger partial charge in [0.25, 0.3) is 11.5 Å². The number of nitrogens with zero attached hydrogens (tertiary/aromatic N) is 2. The van der Waals surface area contributed by atoms with Gasteiger partial charge in [-0.25, -0.2) is 0 Å². The van der Waals surface area contributed by atoms with Crippen LogP contribution in [0.1, 0.15) is 17.3 Å². The van der Waals surface area contributed by atoms with E-state index in [1.165, 1.54) is 7.11 Å². The first-order chi connectivity index (χ1) is 9.02. The number of fused-ring (bicyclic) bond motifs is 1. The van der Waals surface area contributed by atoms with Crippen molar-refractivity contribution in [2.45, 2.75) is 6.92 Å². The molecule has 0 unspecified atom stereocenters. The van der Waals surface area contributed by atoms with Gasteiger partial charge in [-0.3, -0.25) is 9.59 Å². The molecule has 0 saturated heterocycles. The van der Waals surface area contributed by atoms with Crippen molar-refractivity contribution in [1.82, 2.24) is 14.6 Å². The molecule has 0 aliphatic rings. The summed E-state index contributed by atoms with van der Waals surface area (Å²) in [5, 5.41) is 12.7. The van der Waals surface area contributed by atoms with E-state index in [4.69, 9.17) is 4.84 Å². The first-order valence-corrected chi connectivity index (χ1v) is 5.78. The van der Waals surface area contributed by atoms with E-state index < -0.39 is 11.5 Å². The van der Waals surface area contributed by atoms with Gasteiger partial charge in [0.15, 0.2) is 11.3 Å². The predicted molar refractivity (Wildman–Crippen MR) is 69.4 cm³/mol. The molecule has 1 amide bonds. The zero-order valence-corrected chi connectivity index (χ0v) is 10.9. The van der Waals surface area contributed by atoms with Gasteiger partial charge in [0.2, 0.25) is 0 Å². The molecule has 7 heteroatoms. The summed E-state index contributed by atoms with van der Waals surface area (Å²) < 4.78 is 2.60. The zero-order chi connectivity index (χ0) is 14.2. The van der Waals surface area contributed by atoms with Gasteiger partial charge in [-0.2, -0.15) is 0 Å². The Morgan fingerprint density at radius 2 is 2.21 bits per heavy atom. The zero-order valence-electron chi connectivity index (χ0n) is 10.9. The lowest BCUT2D eigenvalue weighted by Crippen LogP contribution is -2.35. The Kier molecular flexibility index (Phi) is 3.20. The van der Waals surface area contributed by atoms with Crippen molar-refractivity contribution in [1.29, 1.82) is 0 Å². The van der Waals surface area contributed by atoms with E-state index in [9.17, 15) is 14.7 Å². The second-order valence-electron chi connectivity index (χ2n) is 4.03. The molecule has 0 radical (unpaired) electrons. The molecular formula is C12H15N3O4. The number of hydrogen-bond donors (Lipinski definition) is 2. The van der Waals surface area contributed by atoms with Crippen molar-refractivity contribution in [3.05, 3.63) is 28.2 Å². The van der Waals surface area contributed by atoms with Crippen LogP contribution >= 0.6 is 0 Å². The first-order valence-electron chi connectivity index (χ1n) is 5.78. The van der Waals surface area contributed by atoms with Crippen LogP contribution in [0.2, 0.25) is 0 Å². The van der Waals surface area contributed by atoms with Crippen LogP contribution in [0.25, 0.3) is 11.0 Å². The fourth-order valence-electron chi connectivity index (χ4n) is 2.03. The van der Waals surface area contributed by atoms with Gasteiger partial charge < -0.3 is 19.8 Å². The van der Waals surface area contributed by atoms with E-state index >= 15 is 0 Å². The molecule has 0 bridgehead atoms. The lowest BCUT2D eigenvalue weighted by atomic mass is 10.2. The molecule has 0 aromatic carbocycles. The number of rotatable bonds is 3. The summed E-state index contributed by atoms with van der Waals surface area (Å²) in [5.74, 6) is -0.967. The Labute approximate surface area is 109 Å². The van der Waals surface area contributed by atoms with Gasteiger partial charge in [-0.1, -0.05) is 0 Å². The maximum atomic E-state index is 12.2. The third-order valence-corrected chi connectivity index (χ3v) is 2.88. The van der Waals surface area contributed by atoms with Crippen LogP contribution in [0.3, 0.4) is 0 Å². The highest BCUT2D eigenvalue weighted by molar-refractivity contribution is 6.01. The largest absolute Gasteiger partial charge is 0.505 e. The molecule has 0 spiro atoms. The lowest BCUT2D eigenvalue weighted by Gasteiger charge is -2.11. The van der Waals surface area contributed by atoms with Crippen molar-refractivity contribution in [2.75, 3.05) is 13.7 Å². The summed E-state index contributed by atoms with van der Waals surface area (Å²) in [6.45, 7) is 2.08. The molecule has 102 valence electrons. The summed E-state index contributed by atoms with van der Waals surface area (Å²) in [6.07, 6.45) is 1.67. The van der Waals surface area contributed by atoms with Crippen molar-refractivity contribution in [2.24, 2.45) is 7.05 Å². The maximum Gasteiger partial charge on any atom is 0.300 e. The van der Waals surface area contributed by atoms with Crippen LogP contribution in [0.5, 0.6) is 5.75 Å². The maximum absolute atomic E-state index is 12.2. The third kappa shape index (κ3) is 1.83. The molecule has 2 aromatic rings. The normalized spacial score (nSPS) is 10.7. The predicted octanol–water partition coefficient (Wildman–Crippen LogP) is -0.146. The quantitative estimate of drug-likeness (QED) is 0.808. The van der Waals surface area contributed by atoms with Crippen LogP contribution in [0, 0.1) is 0 Å².